The Labute approximate surface area is 134 Å². The Morgan fingerprint density at radius 3 is 2.96 bits per heavy atom. The summed E-state index contributed by atoms with van der Waals surface area (Å²) in [4.78, 5) is 22.6. The van der Waals surface area contributed by atoms with Crippen LogP contribution in [0, 0.1) is 6.92 Å². The third-order valence-electron chi connectivity index (χ3n) is 3.04. The zero-order chi connectivity index (χ0) is 16.7. The molecule has 0 aliphatic rings. The minimum Gasteiger partial charge on any atom is -0.494 e. The van der Waals surface area contributed by atoms with Gasteiger partial charge in [0.2, 0.25) is 11.8 Å². The Morgan fingerprint density at radius 2 is 2.22 bits per heavy atom. The number of hydrogen-bond donors (Lipinski definition) is 2. The van der Waals surface area contributed by atoms with Crippen LogP contribution in [0.5, 0.6) is 5.75 Å². The number of nitrogens with one attached hydrogen (secondary N) is 1. The number of primary amides is 1. The molecular formula is C16H20N4O3. The van der Waals surface area contributed by atoms with Crippen LogP contribution in [0.2, 0.25) is 0 Å². The number of benzene rings is 1. The minimum atomic E-state index is -0.487. The third-order valence-corrected chi connectivity index (χ3v) is 3.04. The molecule has 0 aliphatic heterocycles. The molecule has 2 amide bonds. The second-order valence-electron chi connectivity index (χ2n) is 5.21. The number of carbonyl (C=O) groups is 2. The fourth-order valence-electron chi connectivity index (χ4n) is 2.03. The van der Waals surface area contributed by atoms with Crippen molar-refractivity contribution in [3.63, 3.8) is 0 Å². The van der Waals surface area contributed by atoms with Gasteiger partial charge >= 0.3 is 0 Å². The van der Waals surface area contributed by atoms with E-state index in [0.29, 0.717) is 25.1 Å². The average molecular weight is 316 g/mol. The maximum absolute atomic E-state index is 11.8. The number of anilines is 1. The number of aryl methyl sites for hydroxylation is 1. The van der Waals surface area contributed by atoms with Crippen molar-refractivity contribution in [3.8, 4) is 5.75 Å². The van der Waals surface area contributed by atoms with Gasteiger partial charge in [0.25, 0.3) is 0 Å². The van der Waals surface area contributed by atoms with Crippen LogP contribution in [0.1, 0.15) is 18.4 Å². The van der Waals surface area contributed by atoms with Gasteiger partial charge in [-0.15, -0.1) is 0 Å². The van der Waals surface area contributed by atoms with Crippen molar-refractivity contribution >= 4 is 17.5 Å². The number of ether oxygens (including phenoxy) is 1. The van der Waals surface area contributed by atoms with Crippen LogP contribution in [0.15, 0.2) is 36.7 Å². The van der Waals surface area contributed by atoms with Crippen LogP contribution in [0.4, 0.5) is 5.69 Å². The van der Waals surface area contributed by atoms with Gasteiger partial charge < -0.3 is 15.8 Å². The second kappa shape index (κ2) is 7.98. The molecule has 1 aromatic carbocycles. The van der Waals surface area contributed by atoms with Crippen molar-refractivity contribution in [2.75, 3.05) is 11.9 Å². The fraction of sp³-hybridized carbons (Fsp3) is 0.312. The molecule has 2 rings (SSSR count). The molecule has 0 bridgehead atoms. The van der Waals surface area contributed by atoms with Gasteiger partial charge in [0.1, 0.15) is 12.3 Å². The van der Waals surface area contributed by atoms with Crippen molar-refractivity contribution in [2.24, 2.45) is 5.73 Å². The van der Waals surface area contributed by atoms with Crippen LogP contribution in [0.3, 0.4) is 0 Å². The standard InChI is InChI=1S/C16H20N4O3/c1-12-4-2-5-14(8-12)23-7-3-6-16(22)19-13-9-18-20(10-13)11-15(17)21/h2,4-5,8-10H,3,6-7,11H2,1H3,(H2,17,21)(H,19,22). The highest BCUT2D eigenvalue weighted by Crippen LogP contribution is 2.13. The van der Waals surface area contributed by atoms with Gasteiger partial charge in [-0.05, 0) is 31.0 Å². The number of amides is 2. The van der Waals surface area contributed by atoms with E-state index in [-0.39, 0.29) is 12.5 Å². The van der Waals surface area contributed by atoms with Gasteiger partial charge in [-0.1, -0.05) is 12.1 Å². The first-order valence-corrected chi connectivity index (χ1v) is 7.33. The predicted octanol–water partition coefficient (Wildman–Crippen LogP) is 1.47. The summed E-state index contributed by atoms with van der Waals surface area (Å²) in [5, 5.41) is 6.64. The fourth-order valence-corrected chi connectivity index (χ4v) is 2.03. The van der Waals surface area contributed by atoms with Crippen LogP contribution in [-0.4, -0.2) is 28.2 Å². The summed E-state index contributed by atoms with van der Waals surface area (Å²) >= 11 is 0. The van der Waals surface area contributed by atoms with Crippen molar-refractivity contribution in [2.45, 2.75) is 26.3 Å². The van der Waals surface area contributed by atoms with Crippen molar-refractivity contribution < 1.29 is 14.3 Å². The van der Waals surface area contributed by atoms with E-state index in [1.54, 1.807) is 6.20 Å². The summed E-state index contributed by atoms with van der Waals surface area (Å²) in [6, 6.07) is 7.77. The van der Waals surface area contributed by atoms with E-state index < -0.39 is 5.91 Å². The molecule has 0 spiro atoms. The first kappa shape index (κ1) is 16.5. The number of nitrogens with zero attached hydrogens (tertiary/aromatic N) is 2. The third kappa shape index (κ3) is 5.82. The maximum atomic E-state index is 11.8. The van der Waals surface area contributed by atoms with E-state index in [1.807, 2.05) is 31.2 Å². The SMILES string of the molecule is Cc1cccc(OCCCC(=O)Nc2cnn(CC(N)=O)c2)c1. The molecule has 0 saturated heterocycles. The zero-order valence-corrected chi connectivity index (χ0v) is 13.0. The molecule has 7 nitrogen and oxygen atoms in total. The number of hydrogen-bond acceptors (Lipinski definition) is 4. The molecule has 1 heterocycles. The topological polar surface area (TPSA) is 99.2 Å². The van der Waals surface area contributed by atoms with Crippen LogP contribution < -0.4 is 15.8 Å². The Bertz CT molecular complexity index is 681. The van der Waals surface area contributed by atoms with Gasteiger partial charge in [-0.3, -0.25) is 14.3 Å². The first-order chi connectivity index (χ1) is 11.0. The van der Waals surface area contributed by atoms with Gasteiger partial charge in [0.15, 0.2) is 0 Å². The van der Waals surface area contributed by atoms with E-state index >= 15 is 0 Å². The molecule has 23 heavy (non-hydrogen) atoms. The lowest BCUT2D eigenvalue weighted by atomic mass is 10.2. The Hall–Kier alpha value is -2.83. The molecule has 0 unspecified atom stereocenters. The predicted molar refractivity (Wildman–Crippen MR) is 86.0 cm³/mol. The van der Waals surface area contributed by atoms with E-state index in [1.165, 1.54) is 10.9 Å². The number of rotatable bonds is 8. The van der Waals surface area contributed by atoms with Crippen LogP contribution in [0.25, 0.3) is 0 Å². The molecule has 122 valence electrons. The Morgan fingerprint density at radius 1 is 1.39 bits per heavy atom. The maximum Gasteiger partial charge on any atom is 0.239 e. The molecule has 2 aromatic rings. The zero-order valence-electron chi connectivity index (χ0n) is 13.0. The Balaban J connectivity index is 1.69. The lowest BCUT2D eigenvalue weighted by Crippen LogP contribution is -2.18. The molecule has 0 saturated carbocycles. The van der Waals surface area contributed by atoms with Crippen molar-refractivity contribution in [3.05, 3.63) is 42.2 Å². The molecule has 0 aliphatic carbocycles. The summed E-state index contributed by atoms with van der Waals surface area (Å²) < 4.78 is 6.96. The lowest BCUT2D eigenvalue weighted by molar-refractivity contribution is -0.118. The monoisotopic (exact) mass is 316 g/mol. The van der Waals surface area contributed by atoms with Gasteiger partial charge in [-0.25, -0.2) is 0 Å². The lowest BCUT2D eigenvalue weighted by Gasteiger charge is -2.06. The molecular weight excluding hydrogens is 296 g/mol. The molecule has 7 heteroatoms. The normalized spacial score (nSPS) is 10.3. The minimum absolute atomic E-state index is 0.0137. The highest BCUT2D eigenvalue weighted by atomic mass is 16.5. The molecule has 0 radical (unpaired) electrons. The molecule has 3 N–H and O–H groups in total. The van der Waals surface area contributed by atoms with Crippen molar-refractivity contribution in [1.82, 2.24) is 9.78 Å². The Kier molecular flexibility index (Phi) is 5.74. The first-order valence-electron chi connectivity index (χ1n) is 7.33. The van der Waals surface area contributed by atoms with E-state index in [0.717, 1.165) is 11.3 Å². The van der Waals surface area contributed by atoms with Gasteiger partial charge in [0, 0.05) is 12.6 Å². The van der Waals surface area contributed by atoms with Gasteiger partial charge in [0.05, 0.1) is 18.5 Å². The van der Waals surface area contributed by atoms with Crippen LogP contribution >= 0.6 is 0 Å². The summed E-state index contributed by atoms with van der Waals surface area (Å²) in [6.07, 6.45) is 3.98. The quantitative estimate of drug-likeness (QED) is 0.720. The smallest absolute Gasteiger partial charge is 0.239 e. The molecule has 1 aromatic heterocycles. The van der Waals surface area contributed by atoms with E-state index in [4.69, 9.17) is 10.5 Å². The van der Waals surface area contributed by atoms with Gasteiger partial charge in [-0.2, -0.15) is 5.10 Å². The van der Waals surface area contributed by atoms with Crippen molar-refractivity contribution in [1.29, 1.82) is 0 Å². The average Bonchev–Trinajstić information content (AvgIpc) is 2.90. The largest absolute Gasteiger partial charge is 0.494 e. The van der Waals surface area contributed by atoms with E-state index in [9.17, 15) is 9.59 Å². The summed E-state index contributed by atoms with van der Waals surface area (Å²) in [5.74, 6) is 0.189. The number of aromatic nitrogens is 2. The molecule has 0 fully saturated rings. The van der Waals surface area contributed by atoms with Crippen LogP contribution in [-0.2, 0) is 16.1 Å². The number of nitrogens with two attached hydrogens (primary N) is 1. The number of carbonyl (C=O) groups excluding carboxylic acids is 2. The summed E-state index contributed by atoms with van der Waals surface area (Å²) in [7, 11) is 0. The highest BCUT2D eigenvalue weighted by molar-refractivity contribution is 5.90. The summed E-state index contributed by atoms with van der Waals surface area (Å²) in [5.41, 5.74) is 6.74. The van der Waals surface area contributed by atoms with E-state index in [2.05, 4.69) is 10.4 Å². The molecule has 0 atom stereocenters. The summed E-state index contributed by atoms with van der Waals surface area (Å²) in [6.45, 7) is 2.46. The highest BCUT2D eigenvalue weighted by Gasteiger charge is 2.06. The second-order valence-corrected chi connectivity index (χ2v) is 5.21.